The monoisotopic (exact) mass is 358 g/mol. The summed E-state index contributed by atoms with van der Waals surface area (Å²) in [6, 6.07) is 5.92. The van der Waals surface area contributed by atoms with Crippen molar-refractivity contribution in [2.45, 2.75) is 31.8 Å². The van der Waals surface area contributed by atoms with Crippen molar-refractivity contribution < 1.29 is 4.79 Å². The summed E-state index contributed by atoms with van der Waals surface area (Å²) in [6.45, 7) is 4.53. The highest BCUT2D eigenvalue weighted by Crippen LogP contribution is 2.31. The van der Waals surface area contributed by atoms with Crippen LogP contribution in [0.4, 0.5) is 0 Å². The van der Waals surface area contributed by atoms with Gasteiger partial charge in [-0.15, -0.1) is 11.3 Å². The minimum atomic E-state index is -0.00725. The summed E-state index contributed by atoms with van der Waals surface area (Å²) >= 11 is 3.16. The summed E-state index contributed by atoms with van der Waals surface area (Å²) in [6.07, 6.45) is 4.42. The molecule has 0 aliphatic carbocycles. The largest absolute Gasteiger partial charge is 0.351 e. The maximum atomic E-state index is 12.1. The number of thiophene rings is 1. The van der Waals surface area contributed by atoms with Crippen molar-refractivity contribution in [1.82, 2.24) is 20.3 Å². The lowest BCUT2D eigenvalue weighted by molar-refractivity contribution is -0.118. The molecule has 0 unspecified atom stereocenters. The first-order valence-corrected chi connectivity index (χ1v) is 9.51. The predicted octanol–water partition coefficient (Wildman–Crippen LogP) is 3.37. The molecule has 3 aromatic rings. The maximum absolute atomic E-state index is 12.1. The fourth-order valence-corrected chi connectivity index (χ4v) is 4.17. The second-order valence-electron chi connectivity index (χ2n) is 5.28. The number of pyridine rings is 1. The quantitative estimate of drug-likeness (QED) is 0.540. The standard InChI is InChI=1S/C17H18N4OS2/c1-3-13-8-14-16(20-11(2)21-17(14)24-13)23-10-15(22)19-9-12-4-6-18-7-5-12/h4-8H,3,9-10H2,1-2H3,(H,19,22). The normalized spacial score (nSPS) is 10.9. The van der Waals surface area contributed by atoms with E-state index in [1.54, 1.807) is 23.7 Å². The van der Waals surface area contributed by atoms with Crippen LogP contribution in [0.15, 0.2) is 35.6 Å². The third-order valence-corrected chi connectivity index (χ3v) is 5.61. The second-order valence-corrected chi connectivity index (χ2v) is 7.36. The van der Waals surface area contributed by atoms with Gasteiger partial charge < -0.3 is 5.32 Å². The van der Waals surface area contributed by atoms with Crippen LogP contribution in [0.2, 0.25) is 0 Å². The number of nitrogens with one attached hydrogen (secondary N) is 1. The fourth-order valence-electron chi connectivity index (χ4n) is 2.22. The molecule has 7 heteroatoms. The zero-order valence-electron chi connectivity index (χ0n) is 13.6. The number of aromatic nitrogens is 3. The highest BCUT2D eigenvalue weighted by atomic mass is 32.2. The molecular weight excluding hydrogens is 340 g/mol. The van der Waals surface area contributed by atoms with Gasteiger partial charge in [0.1, 0.15) is 15.7 Å². The number of hydrogen-bond acceptors (Lipinski definition) is 6. The number of nitrogens with zero attached hydrogens (tertiary/aromatic N) is 3. The highest BCUT2D eigenvalue weighted by molar-refractivity contribution is 8.00. The van der Waals surface area contributed by atoms with E-state index in [0.29, 0.717) is 12.3 Å². The Hall–Kier alpha value is -1.99. The Labute approximate surface area is 148 Å². The van der Waals surface area contributed by atoms with Crippen molar-refractivity contribution in [3.8, 4) is 0 Å². The molecule has 0 atom stereocenters. The second kappa shape index (κ2) is 7.72. The molecule has 0 aliphatic heterocycles. The van der Waals surface area contributed by atoms with Crippen LogP contribution in [-0.2, 0) is 17.8 Å². The lowest BCUT2D eigenvalue weighted by Crippen LogP contribution is -2.24. The molecular formula is C17H18N4OS2. The molecule has 3 aromatic heterocycles. The number of aryl methyl sites for hydroxylation is 2. The summed E-state index contributed by atoms with van der Waals surface area (Å²) in [4.78, 5) is 27.3. The first-order chi connectivity index (χ1) is 11.7. The van der Waals surface area contributed by atoms with Crippen LogP contribution < -0.4 is 5.32 Å². The van der Waals surface area contributed by atoms with Crippen molar-refractivity contribution in [3.63, 3.8) is 0 Å². The Morgan fingerprint density at radius 2 is 2.08 bits per heavy atom. The molecule has 3 rings (SSSR count). The van der Waals surface area contributed by atoms with E-state index in [1.165, 1.54) is 16.6 Å². The lowest BCUT2D eigenvalue weighted by Gasteiger charge is -2.06. The van der Waals surface area contributed by atoms with E-state index < -0.39 is 0 Å². The van der Waals surface area contributed by atoms with E-state index in [0.717, 1.165) is 33.1 Å². The summed E-state index contributed by atoms with van der Waals surface area (Å²) in [5.74, 6) is 1.08. The zero-order valence-corrected chi connectivity index (χ0v) is 15.2. The van der Waals surface area contributed by atoms with Gasteiger partial charge in [-0.2, -0.15) is 0 Å². The van der Waals surface area contributed by atoms with Crippen LogP contribution >= 0.6 is 23.1 Å². The van der Waals surface area contributed by atoms with E-state index in [-0.39, 0.29) is 5.91 Å². The summed E-state index contributed by atoms with van der Waals surface area (Å²) in [5, 5.41) is 4.85. The zero-order chi connectivity index (χ0) is 16.9. The summed E-state index contributed by atoms with van der Waals surface area (Å²) in [7, 11) is 0. The smallest absolute Gasteiger partial charge is 0.230 e. The molecule has 3 heterocycles. The predicted molar refractivity (Wildman–Crippen MR) is 98.3 cm³/mol. The topological polar surface area (TPSA) is 67.8 Å². The van der Waals surface area contributed by atoms with Gasteiger partial charge in [0, 0.05) is 29.2 Å². The van der Waals surface area contributed by atoms with Crippen molar-refractivity contribution in [3.05, 3.63) is 46.9 Å². The van der Waals surface area contributed by atoms with Gasteiger partial charge in [0.2, 0.25) is 5.91 Å². The molecule has 0 bridgehead atoms. The molecule has 1 N–H and O–H groups in total. The van der Waals surface area contributed by atoms with Crippen LogP contribution in [0.25, 0.3) is 10.2 Å². The van der Waals surface area contributed by atoms with E-state index in [9.17, 15) is 4.79 Å². The van der Waals surface area contributed by atoms with Crippen molar-refractivity contribution in [2.75, 3.05) is 5.75 Å². The summed E-state index contributed by atoms with van der Waals surface area (Å²) in [5.41, 5.74) is 1.04. The Morgan fingerprint density at radius 3 is 2.83 bits per heavy atom. The number of carbonyl (C=O) groups excluding carboxylic acids is 1. The first-order valence-electron chi connectivity index (χ1n) is 7.71. The molecule has 1 amide bonds. The van der Waals surface area contributed by atoms with E-state index >= 15 is 0 Å². The Balaban J connectivity index is 1.64. The van der Waals surface area contributed by atoms with Gasteiger partial charge in [-0.1, -0.05) is 18.7 Å². The average molecular weight is 358 g/mol. The Morgan fingerprint density at radius 1 is 1.29 bits per heavy atom. The first kappa shape index (κ1) is 16.9. The number of thioether (sulfide) groups is 1. The molecule has 0 aliphatic rings. The minimum Gasteiger partial charge on any atom is -0.351 e. The molecule has 0 saturated carbocycles. The number of carbonyl (C=O) groups is 1. The van der Waals surface area contributed by atoms with Gasteiger partial charge in [-0.25, -0.2) is 9.97 Å². The van der Waals surface area contributed by atoms with Gasteiger partial charge in [0.05, 0.1) is 5.75 Å². The Bertz CT molecular complexity index is 848. The minimum absolute atomic E-state index is 0.00725. The third kappa shape index (κ3) is 4.10. The Kier molecular flexibility index (Phi) is 5.42. The summed E-state index contributed by atoms with van der Waals surface area (Å²) < 4.78 is 0. The van der Waals surface area contributed by atoms with E-state index in [1.807, 2.05) is 19.1 Å². The van der Waals surface area contributed by atoms with Crippen LogP contribution in [0.3, 0.4) is 0 Å². The third-order valence-electron chi connectivity index (χ3n) is 3.45. The number of rotatable bonds is 6. The molecule has 5 nitrogen and oxygen atoms in total. The average Bonchev–Trinajstić information content (AvgIpc) is 3.01. The van der Waals surface area contributed by atoms with E-state index in [2.05, 4.69) is 33.3 Å². The molecule has 0 saturated heterocycles. The van der Waals surface area contributed by atoms with Crippen LogP contribution in [0, 0.1) is 6.92 Å². The molecule has 0 aromatic carbocycles. The van der Waals surface area contributed by atoms with Gasteiger partial charge in [0.25, 0.3) is 0 Å². The lowest BCUT2D eigenvalue weighted by atomic mass is 10.3. The molecule has 0 spiro atoms. The van der Waals surface area contributed by atoms with Gasteiger partial charge in [-0.05, 0) is 37.1 Å². The van der Waals surface area contributed by atoms with Crippen molar-refractivity contribution in [2.24, 2.45) is 0 Å². The number of fused-ring (bicyclic) bond motifs is 1. The van der Waals surface area contributed by atoms with Crippen molar-refractivity contribution >= 4 is 39.2 Å². The molecule has 124 valence electrons. The molecule has 24 heavy (non-hydrogen) atoms. The van der Waals surface area contributed by atoms with Crippen LogP contribution in [-0.4, -0.2) is 26.6 Å². The maximum Gasteiger partial charge on any atom is 0.230 e. The van der Waals surface area contributed by atoms with Gasteiger partial charge in [0.15, 0.2) is 0 Å². The highest BCUT2D eigenvalue weighted by Gasteiger charge is 2.12. The van der Waals surface area contributed by atoms with Crippen LogP contribution in [0.1, 0.15) is 23.2 Å². The van der Waals surface area contributed by atoms with Crippen LogP contribution in [0.5, 0.6) is 0 Å². The van der Waals surface area contributed by atoms with Crippen molar-refractivity contribution in [1.29, 1.82) is 0 Å². The fraction of sp³-hybridized carbons (Fsp3) is 0.294. The molecule has 0 fully saturated rings. The molecule has 0 radical (unpaired) electrons. The van der Waals surface area contributed by atoms with Gasteiger partial charge >= 0.3 is 0 Å². The van der Waals surface area contributed by atoms with E-state index in [4.69, 9.17) is 0 Å². The SMILES string of the molecule is CCc1cc2c(SCC(=O)NCc3ccncc3)nc(C)nc2s1. The number of amides is 1. The number of hydrogen-bond donors (Lipinski definition) is 1. The van der Waals surface area contributed by atoms with Gasteiger partial charge in [-0.3, -0.25) is 9.78 Å².